The maximum absolute atomic E-state index is 14.0. The number of benzene rings is 2. The third-order valence-corrected chi connectivity index (χ3v) is 5.93. The minimum Gasteiger partial charge on any atom is -0.396 e. The summed E-state index contributed by atoms with van der Waals surface area (Å²) in [4.78, 5) is 4.88. The maximum atomic E-state index is 14.0. The second-order valence-electron chi connectivity index (χ2n) is 8.04. The van der Waals surface area contributed by atoms with E-state index in [1.54, 1.807) is 16.8 Å². The third-order valence-electron chi connectivity index (χ3n) is 5.93. The zero-order valence-corrected chi connectivity index (χ0v) is 17.4. The molecule has 30 heavy (non-hydrogen) atoms. The Labute approximate surface area is 177 Å². The van der Waals surface area contributed by atoms with Crippen LogP contribution in [0.5, 0.6) is 0 Å². The van der Waals surface area contributed by atoms with Crippen molar-refractivity contribution >= 4 is 0 Å². The summed E-state index contributed by atoms with van der Waals surface area (Å²) >= 11 is 0. The van der Waals surface area contributed by atoms with Gasteiger partial charge in [-0.25, -0.2) is 9.07 Å². The molecule has 1 aliphatic heterocycles. The molecule has 0 amide bonds. The van der Waals surface area contributed by atoms with Gasteiger partial charge in [-0.05, 0) is 36.6 Å². The third kappa shape index (κ3) is 4.78. The zero-order valence-electron chi connectivity index (χ0n) is 17.4. The summed E-state index contributed by atoms with van der Waals surface area (Å²) < 4.78 is 15.6. The van der Waals surface area contributed by atoms with Crippen LogP contribution in [-0.2, 0) is 13.1 Å². The van der Waals surface area contributed by atoms with Gasteiger partial charge in [0.05, 0.1) is 6.20 Å². The Kier molecular flexibility index (Phi) is 6.57. The molecule has 3 aromatic rings. The average molecular weight is 409 g/mol. The van der Waals surface area contributed by atoms with Crippen molar-refractivity contribution in [3.05, 3.63) is 83.4 Å². The lowest BCUT2D eigenvalue weighted by Gasteiger charge is -2.41. The number of aryl methyl sites for hydroxylation is 1. The SMILES string of the molecule is Cc1ccccc1CN1CCN(Cc2cnn(-c3ccccc3F)c2)C[C@H]1CCO. The predicted octanol–water partition coefficient (Wildman–Crippen LogP) is 3.39. The Morgan fingerprint density at radius 3 is 2.67 bits per heavy atom. The van der Waals surface area contributed by atoms with Crippen LogP contribution in [0.2, 0.25) is 0 Å². The quantitative estimate of drug-likeness (QED) is 0.651. The van der Waals surface area contributed by atoms with Crippen LogP contribution in [0.1, 0.15) is 23.1 Å². The molecule has 1 N–H and O–H groups in total. The summed E-state index contributed by atoms with van der Waals surface area (Å²) in [5, 5.41) is 13.9. The molecule has 1 aliphatic rings. The largest absolute Gasteiger partial charge is 0.396 e. The molecule has 1 aromatic heterocycles. The molecule has 2 aromatic carbocycles. The second-order valence-corrected chi connectivity index (χ2v) is 8.04. The Balaban J connectivity index is 1.41. The molecule has 1 saturated heterocycles. The fraction of sp³-hybridized carbons (Fsp3) is 0.375. The van der Waals surface area contributed by atoms with Crippen LogP contribution in [0.15, 0.2) is 60.9 Å². The van der Waals surface area contributed by atoms with Gasteiger partial charge in [0.2, 0.25) is 0 Å². The van der Waals surface area contributed by atoms with Crippen LogP contribution in [-0.4, -0.2) is 57.0 Å². The fourth-order valence-corrected chi connectivity index (χ4v) is 4.21. The minimum atomic E-state index is -0.278. The lowest BCUT2D eigenvalue weighted by molar-refractivity contribution is 0.0498. The van der Waals surface area contributed by atoms with Crippen molar-refractivity contribution in [1.29, 1.82) is 0 Å². The van der Waals surface area contributed by atoms with Crippen molar-refractivity contribution in [3.63, 3.8) is 0 Å². The van der Waals surface area contributed by atoms with E-state index < -0.39 is 0 Å². The Hall–Kier alpha value is -2.54. The van der Waals surface area contributed by atoms with Gasteiger partial charge in [0.1, 0.15) is 11.5 Å². The highest BCUT2D eigenvalue weighted by molar-refractivity contribution is 5.33. The molecular formula is C24H29FN4O. The molecule has 0 saturated carbocycles. The highest BCUT2D eigenvalue weighted by atomic mass is 19.1. The first kappa shape index (κ1) is 20.7. The van der Waals surface area contributed by atoms with E-state index in [0.717, 1.165) is 44.7 Å². The Bertz CT molecular complexity index is 973. The number of aromatic nitrogens is 2. The fourth-order valence-electron chi connectivity index (χ4n) is 4.21. The smallest absolute Gasteiger partial charge is 0.148 e. The first-order chi connectivity index (χ1) is 14.6. The lowest BCUT2D eigenvalue weighted by Crippen LogP contribution is -2.52. The molecule has 1 fully saturated rings. The number of hydrogen-bond acceptors (Lipinski definition) is 4. The van der Waals surface area contributed by atoms with Gasteiger partial charge in [-0.15, -0.1) is 0 Å². The first-order valence-corrected chi connectivity index (χ1v) is 10.5. The number of rotatable bonds is 7. The molecule has 0 spiro atoms. The molecule has 0 unspecified atom stereocenters. The Morgan fingerprint density at radius 1 is 1.07 bits per heavy atom. The monoisotopic (exact) mass is 408 g/mol. The summed E-state index contributed by atoms with van der Waals surface area (Å²) in [5.41, 5.74) is 4.18. The van der Waals surface area contributed by atoms with E-state index in [1.807, 2.05) is 18.5 Å². The average Bonchev–Trinajstić information content (AvgIpc) is 3.20. The number of aliphatic hydroxyl groups is 1. The Morgan fingerprint density at radius 2 is 1.87 bits per heavy atom. The second kappa shape index (κ2) is 9.51. The highest BCUT2D eigenvalue weighted by Crippen LogP contribution is 2.20. The molecule has 2 heterocycles. The van der Waals surface area contributed by atoms with E-state index in [4.69, 9.17) is 0 Å². The van der Waals surface area contributed by atoms with Gasteiger partial charge in [-0.1, -0.05) is 36.4 Å². The molecule has 0 aliphatic carbocycles. The number of hydrogen-bond donors (Lipinski definition) is 1. The van der Waals surface area contributed by atoms with Crippen molar-refractivity contribution in [2.45, 2.75) is 32.5 Å². The molecule has 158 valence electrons. The van der Waals surface area contributed by atoms with Crippen molar-refractivity contribution in [1.82, 2.24) is 19.6 Å². The molecule has 1 atom stereocenters. The van der Waals surface area contributed by atoms with Crippen molar-refractivity contribution in [2.24, 2.45) is 0 Å². The molecule has 0 radical (unpaired) electrons. The summed E-state index contributed by atoms with van der Waals surface area (Å²) in [6.45, 7) is 6.84. The molecule has 0 bridgehead atoms. The number of piperazine rings is 1. The van der Waals surface area contributed by atoms with Gasteiger partial charge < -0.3 is 5.11 Å². The van der Waals surface area contributed by atoms with E-state index in [2.05, 4.69) is 46.1 Å². The molecular weight excluding hydrogens is 379 g/mol. The molecule has 6 heteroatoms. The first-order valence-electron chi connectivity index (χ1n) is 10.5. The van der Waals surface area contributed by atoms with Crippen LogP contribution < -0.4 is 0 Å². The van der Waals surface area contributed by atoms with Crippen LogP contribution in [0.3, 0.4) is 0 Å². The van der Waals surface area contributed by atoms with Crippen molar-refractivity contribution in [3.8, 4) is 5.69 Å². The number of para-hydroxylation sites is 1. The number of nitrogens with zero attached hydrogens (tertiary/aromatic N) is 4. The predicted molar refractivity (Wildman–Crippen MR) is 116 cm³/mol. The van der Waals surface area contributed by atoms with E-state index in [1.165, 1.54) is 17.2 Å². The van der Waals surface area contributed by atoms with Gasteiger partial charge in [-0.2, -0.15) is 5.10 Å². The van der Waals surface area contributed by atoms with E-state index in [-0.39, 0.29) is 12.4 Å². The van der Waals surface area contributed by atoms with Gasteiger partial charge >= 0.3 is 0 Å². The summed E-state index contributed by atoms with van der Waals surface area (Å²) in [7, 11) is 0. The summed E-state index contributed by atoms with van der Waals surface area (Å²) in [6, 6.07) is 15.5. The van der Waals surface area contributed by atoms with Crippen LogP contribution in [0, 0.1) is 12.7 Å². The summed E-state index contributed by atoms with van der Waals surface area (Å²) in [6.07, 6.45) is 4.48. The lowest BCUT2D eigenvalue weighted by atomic mass is 10.0. The minimum absolute atomic E-state index is 0.188. The van der Waals surface area contributed by atoms with Gasteiger partial charge in [0.15, 0.2) is 0 Å². The van der Waals surface area contributed by atoms with Gasteiger partial charge in [0, 0.05) is 57.1 Å². The zero-order chi connectivity index (χ0) is 20.9. The van der Waals surface area contributed by atoms with Gasteiger partial charge in [-0.3, -0.25) is 9.80 Å². The van der Waals surface area contributed by atoms with Gasteiger partial charge in [0.25, 0.3) is 0 Å². The molecule has 4 rings (SSSR count). The number of halogens is 1. The van der Waals surface area contributed by atoms with E-state index in [9.17, 15) is 9.50 Å². The topological polar surface area (TPSA) is 44.5 Å². The summed E-state index contributed by atoms with van der Waals surface area (Å²) in [5.74, 6) is -0.278. The van der Waals surface area contributed by atoms with E-state index in [0.29, 0.717) is 11.7 Å². The number of aliphatic hydroxyl groups excluding tert-OH is 1. The standard InChI is InChI=1S/C24H29FN4O/c1-19-6-2-3-7-21(19)17-28-12-11-27(18-22(28)10-13-30)15-20-14-26-29(16-20)24-9-5-4-8-23(24)25/h2-9,14,16,22,30H,10-13,15,17-18H2,1H3/t22-/m1/s1. The van der Waals surface area contributed by atoms with Crippen LogP contribution in [0.25, 0.3) is 5.69 Å². The van der Waals surface area contributed by atoms with Crippen molar-refractivity contribution in [2.75, 3.05) is 26.2 Å². The highest BCUT2D eigenvalue weighted by Gasteiger charge is 2.27. The maximum Gasteiger partial charge on any atom is 0.148 e. The molecule has 5 nitrogen and oxygen atoms in total. The van der Waals surface area contributed by atoms with Crippen LogP contribution in [0.4, 0.5) is 4.39 Å². The van der Waals surface area contributed by atoms with Crippen molar-refractivity contribution < 1.29 is 9.50 Å². The normalized spacial score (nSPS) is 18.0. The van der Waals surface area contributed by atoms with E-state index >= 15 is 0 Å². The van der Waals surface area contributed by atoms with Crippen LogP contribution >= 0.6 is 0 Å².